The van der Waals surface area contributed by atoms with E-state index in [9.17, 15) is 22.6 Å². The monoisotopic (exact) mass is 766 g/mol. The number of rotatable bonds is 10. The van der Waals surface area contributed by atoms with Gasteiger partial charge in [0.15, 0.2) is 11.4 Å². The van der Waals surface area contributed by atoms with Crippen molar-refractivity contribution in [3.8, 4) is 23.0 Å². The second kappa shape index (κ2) is 13.5. The van der Waals surface area contributed by atoms with Gasteiger partial charge in [-0.25, -0.2) is 36.8 Å². The number of hydrogen-bond acceptors (Lipinski definition) is 16. The Hall–Kier alpha value is -5.44. The Morgan fingerprint density at radius 3 is 1.66 bits per heavy atom. The van der Waals surface area contributed by atoms with Crippen LogP contribution in [-0.4, -0.2) is 80.4 Å². The summed E-state index contributed by atoms with van der Waals surface area (Å²) in [5.41, 5.74) is 3.97. The van der Waals surface area contributed by atoms with E-state index in [-0.39, 0.29) is 47.0 Å². The predicted octanol–water partition coefficient (Wildman–Crippen LogP) is 2.91. The molecule has 2 aromatic carbocycles. The molecule has 0 spiro atoms. The highest BCUT2D eigenvalue weighted by Crippen LogP contribution is 2.40. The number of nitrogens with one attached hydrogen (secondary N) is 2. The van der Waals surface area contributed by atoms with Crippen molar-refractivity contribution < 1.29 is 31.3 Å². The fourth-order valence-electron chi connectivity index (χ4n) is 6.72. The second-order valence-electron chi connectivity index (χ2n) is 13.1. The van der Waals surface area contributed by atoms with Crippen molar-refractivity contribution in [3.05, 3.63) is 91.4 Å². The lowest BCUT2D eigenvalue weighted by atomic mass is 9.83. The fourth-order valence-corrected chi connectivity index (χ4v) is 8.71. The van der Waals surface area contributed by atoms with Gasteiger partial charge in [0.05, 0.1) is 12.1 Å². The molecule has 2 fully saturated rings. The molecule has 21 heteroatoms. The molecule has 2 aliphatic carbocycles. The maximum absolute atomic E-state index is 13.6. The molecule has 0 amide bonds. The molecule has 0 bridgehead atoms. The van der Waals surface area contributed by atoms with Crippen LogP contribution in [0.25, 0.3) is 23.0 Å². The summed E-state index contributed by atoms with van der Waals surface area (Å²) in [4.78, 5) is 24.5. The van der Waals surface area contributed by atoms with Crippen LogP contribution in [0.4, 0.5) is 20.4 Å². The van der Waals surface area contributed by atoms with Crippen LogP contribution in [0.2, 0.25) is 0 Å². The Kier molecular flexibility index (Phi) is 8.52. The Bertz CT molecular complexity index is 2460. The van der Waals surface area contributed by atoms with Crippen LogP contribution in [0.15, 0.2) is 64.3 Å². The molecule has 4 aromatic heterocycles. The minimum absolute atomic E-state index is 0.167. The van der Waals surface area contributed by atoms with Gasteiger partial charge in [-0.05, 0) is 103 Å². The SMILES string of the molecule is O=c1onc(-c2nonc2NCC2CS(=O)C2)n1[C@H]1Cc2ccc(F)cc21.O=c1onc(-c2nonc2NCC2CSC2)n1[C@H]1Cc2ccc(F)cc21. The van der Waals surface area contributed by atoms with E-state index in [0.29, 0.717) is 59.7 Å². The quantitative estimate of drug-likeness (QED) is 0.205. The van der Waals surface area contributed by atoms with Gasteiger partial charge >= 0.3 is 11.5 Å². The highest BCUT2D eigenvalue weighted by Gasteiger charge is 2.36. The third-order valence-electron chi connectivity index (χ3n) is 9.72. The van der Waals surface area contributed by atoms with E-state index in [2.05, 4.69) is 41.6 Å². The van der Waals surface area contributed by atoms with Crippen LogP contribution < -0.4 is 22.1 Å². The molecular weight excluding hydrogens is 739 g/mol. The summed E-state index contributed by atoms with van der Waals surface area (Å²) >= 11 is 1.89. The van der Waals surface area contributed by atoms with Crippen LogP contribution in [0.5, 0.6) is 0 Å². The fraction of sp³-hybridized carbons (Fsp3) is 0.375. The smallest absolute Gasteiger partial charge is 0.365 e. The summed E-state index contributed by atoms with van der Waals surface area (Å²) in [5, 5.41) is 29.4. The largest absolute Gasteiger partial charge is 0.442 e. The number of fused-ring (bicyclic) bond motifs is 2. The van der Waals surface area contributed by atoms with Crippen LogP contribution in [-0.2, 0) is 23.6 Å². The van der Waals surface area contributed by atoms with Gasteiger partial charge in [-0.15, -0.1) is 0 Å². The van der Waals surface area contributed by atoms with E-state index >= 15 is 0 Å². The first-order valence-corrected chi connectivity index (χ1v) is 19.2. The second-order valence-corrected chi connectivity index (χ2v) is 15.8. The number of thioether (sulfide) groups is 1. The predicted molar refractivity (Wildman–Crippen MR) is 184 cm³/mol. The summed E-state index contributed by atoms with van der Waals surface area (Å²) in [6.45, 7) is 1.31. The molecular formula is C32H28F2N10O7S2. The van der Waals surface area contributed by atoms with Crippen LogP contribution in [0.3, 0.4) is 0 Å². The normalized spacial score (nSPS) is 21.2. The van der Waals surface area contributed by atoms with Gasteiger partial charge in [0, 0.05) is 35.4 Å². The van der Waals surface area contributed by atoms with Crippen molar-refractivity contribution >= 4 is 34.2 Å². The summed E-state index contributed by atoms with van der Waals surface area (Å²) in [6.07, 6.45) is 1.16. The molecule has 2 N–H and O–H groups in total. The third-order valence-corrected chi connectivity index (χ3v) is 12.8. The van der Waals surface area contributed by atoms with E-state index < -0.39 is 22.3 Å². The standard InChI is InChI=1S/C16H14FN5O4S.C16H14FN5O3S/c17-10-2-1-9-3-12(11(9)4-10)22-15(21-25-16(22)23)13-14(20-26-19-13)18-5-8-6-27(24)7-8;17-10-2-1-9-3-12(11(9)4-10)22-15(21-24-16(22)23)13-14(20-25-19-13)18-5-8-6-26-7-8/h1-2,4,8,12H,3,5-7H2,(H,18,20);1-2,4,8,12H,3,5-7H2,(H,18,20)/t8?,12-,27?;12-/m00/s1. The van der Waals surface area contributed by atoms with E-state index in [1.165, 1.54) is 33.4 Å². The molecule has 2 atom stereocenters. The third kappa shape index (κ3) is 6.15. The van der Waals surface area contributed by atoms with Gasteiger partial charge in [-0.1, -0.05) is 22.4 Å². The van der Waals surface area contributed by atoms with Crippen molar-refractivity contribution in [2.45, 2.75) is 24.9 Å². The average molecular weight is 767 g/mol. The molecule has 2 saturated heterocycles. The van der Waals surface area contributed by atoms with Gasteiger partial charge < -0.3 is 10.6 Å². The number of hydrogen-bond donors (Lipinski definition) is 2. The van der Waals surface area contributed by atoms with Gasteiger partial charge in [-0.2, -0.15) is 11.8 Å². The minimum Gasteiger partial charge on any atom is -0.365 e. The van der Waals surface area contributed by atoms with Crippen molar-refractivity contribution in [2.24, 2.45) is 11.8 Å². The lowest BCUT2D eigenvalue weighted by molar-refractivity contribution is 0.309. The molecule has 2 aliphatic heterocycles. The van der Waals surface area contributed by atoms with Crippen molar-refractivity contribution in [3.63, 3.8) is 0 Å². The van der Waals surface area contributed by atoms with E-state index in [0.717, 1.165) is 34.7 Å². The van der Waals surface area contributed by atoms with Crippen molar-refractivity contribution in [1.29, 1.82) is 0 Å². The summed E-state index contributed by atoms with van der Waals surface area (Å²) < 4.78 is 60.4. The zero-order valence-electron chi connectivity index (χ0n) is 27.4. The number of benzene rings is 2. The number of nitrogens with zero attached hydrogens (tertiary/aromatic N) is 8. The maximum Gasteiger partial charge on any atom is 0.442 e. The molecule has 274 valence electrons. The lowest BCUT2D eigenvalue weighted by Gasteiger charge is -2.30. The van der Waals surface area contributed by atoms with Gasteiger partial charge in [0.25, 0.3) is 0 Å². The molecule has 4 aliphatic rings. The first-order chi connectivity index (χ1) is 25.8. The zero-order chi connectivity index (χ0) is 36.2. The first kappa shape index (κ1) is 33.4. The van der Waals surface area contributed by atoms with Gasteiger partial charge in [0.2, 0.25) is 23.3 Å². The average Bonchev–Trinajstić information content (AvgIpc) is 3.90. The molecule has 17 nitrogen and oxygen atoms in total. The minimum atomic E-state index is -0.738. The summed E-state index contributed by atoms with van der Waals surface area (Å²) in [6, 6.07) is 8.33. The number of aromatic nitrogens is 8. The molecule has 0 unspecified atom stereocenters. The molecule has 10 rings (SSSR count). The Morgan fingerprint density at radius 2 is 1.21 bits per heavy atom. The Morgan fingerprint density at radius 1 is 0.717 bits per heavy atom. The van der Waals surface area contributed by atoms with Crippen LogP contribution in [0.1, 0.15) is 34.3 Å². The number of halogens is 2. The van der Waals surface area contributed by atoms with Crippen molar-refractivity contribution in [2.75, 3.05) is 46.7 Å². The van der Waals surface area contributed by atoms with Crippen LogP contribution >= 0.6 is 11.8 Å². The number of anilines is 2. The molecule has 53 heavy (non-hydrogen) atoms. The van der Waals surface area contributed by atoms with Gasteiger partial charge in [-0.3, -0.25) is 13.3 Å². The van der Waals surface area contributed by atoms with E-state index in [1.54, 1.807) is 12.1 Å². The maximum atomic E-state index is 13.6. The van der Waals surface area contributed by atoms with Crippen LogP contribution in [0, 0.1) is 23.5 Å². The Balaban J connectivity index is 0.000000141. The van der Waals surface area contributed by atoms with E-state index in [4.69, 9.17) is 18.3 Å². The summed E-state index contributed by atoms with van der Waals surface area (Å²) in [5.74, 6) is 3.51. The van der Waals surface area contributed by atoms with Gasteiger partial charge in [0.1, 0.15) is 11.6 Å². The summed E-state index contributed by atoms with van der Waals surface area (Å²) in [7, 11) is -0.738. The molecule has 0 saturated carbocycles. The molecule has 6 aromatic rings. The molecule has 0 radical (unpaired) electrons. The topological polar surface area (TPSA) is 215 Å². The van der Waals surface area contributed by atoms with E-state index in [1.807, 2.05) is 11.8 Å². The highest BCUT2D eigenvalue weighted by molar-refractivity contribution is 8.00. The highest BCUT2D eigenvalue weighted by atomic mass is 32.2. The molecule has 6 heterocycles. The Labute approximate surface area is 302 Å². The van der Waals surface area contributed by atoms with Crippen molar-refractivity contribution in [1.82, 2.24) is 40.1 Å². The lowest BCUT2D eigenvalue weighted by Crippen LogP contribution is -2.36. The zero-order valence-corrected chi connectivity index (χ0v) is 29.1. The first-order valence-electron chi connectivity index (χ1n) is 16.6.